The van der Waals surface area contributed by atoms with Crippen molar-refractivity contribution in [1.82, 2.24) is 5.01 Å². The molecule has 0 heterocycles. The van der Waals surface area contributed by atoms with Crippen LogP contribution in [0.3, 0.4) is 0 Å². The standard InChI is InChI=1S/C12H15N3O2/c1-12(2,3)14(15(16)17)9-11-6-4-10(8-13)5-7-11/h4-7H,9H2,1-3H3. The first-order chi connectivity index (χ1) is 7.84. The van der Waals surface area contributed by atoms with Crippen LogP contribution < -0.4 is 0 Å². The fraction of sp³-hybridized carbons (Fsp3) is 0.417. The Labute approximate surface area is 100 Å². The minimum atomic E-state index is -0.544. The van der Waals surface area contributed by atoms with Crippen LogP contribution in [0.5, 0.6) is 0 Å². The largest absolute Gasteiger partial charge is 0.235 e. The van der Waals surface area contributed by atoms with Gasteiger partial charge in [0.15, 0.2) is 5.03 Å². The molecule has 0 aliphatic heterocycles. The van der Waals surface area contributed by atoms with E-state index < -0.39 is 10.6 Å². The number of nitro groups is 1. The lowest BCUT2D eigenvalue weighted by molar-refractivity contribution is -0.676. The van der Waals surface area contributed by atoms with Crippen LogP contribution in [0.1, 0.15) is 31.9 Å². The molecule has 17 heavy (non-hydrogen) atoms. The highest BCUT2D eigenvalue weighted by Gasteiger charge is 2.29. The van der Waals surface area contributed by atoms with Gasteiger partial charge in [-0.2, -0.15) is 5.26 Å². The first kappa shape index (κ1) is 13.0. The Morgan fingerprint density at radius 3 is 2.24 bits per heavy atom. The normalized spacial score (nSPS) is 10.7. The van der Waals surface area contributed by atoms with Gasteiger partial charge in [-0.1, -0.05) is 12.1 Å². The van der Waals surface area contributed by atoms with Crippen LogP contribution in [0.15, 0.2) is 24.3 Å². The summed E-state index contributed by atoms with van der Waals surface area (Å²) < 4.78 is 0. The fourth-order valence-corrected chi connectivity index (χ4v) is 1.40. The molecule has 1 aromatic rings. The van der Waals surface area contributed by atoms with Crippen molar-refractivity contribution >= 4 is 0 Å². The van der Waals surface area contributed by atoms with Crippen LogP contribution in [0.4, 0.5) is 0 Å². The molecule has 0 unspecified atom stereocenters. The summed E-state index contributed by atoms with van der Waals surface area (Å²) in [5.41, 5.74) is 0.824. The summed E-state index contributed by atoms with van der Waals surface area (Å²) in [6.45, 7) is 5.60. The second-order valence-electron chi connectivity index (χ2n) is 4.78. The topological polar surface area (TPSA) is 70.2 Å². The van der Waals surface area contributed by atoms with Crippen molar-refractivity contribution in [2.75, 3.05) is 0 Å². The Kier molecular flexibility index (Phi) is 3.69. The lowest BCUT2D eigenvalue weighted by Crippen LogP contribution is -2.44. The van der Waals surface area contributed by atoms with E-state index in [0.717, 1.165) is 5.56 Å². The number of hydrazine groups is 1. The number of hydrogen-bond donors (Lipinski definition) is 0. The third kappa shape index (κ3) is 3.45. The molecular formula is C12H15N3O2. The molecule has 0 atom stereocenters. The molecule has 0 bridgehead atoms. The number of nitriles is 1. The number of benzene rings is 1. The highest BCUT2D eigenvalue weighted by Crippen LogP contribution is 2.17. The van der Waals surface area contributed by atoms with E-state index in [4.69, 9.17) is 5.26 Å². The molecule has 90 valence electrons. The summed E-state index contributed by atoms with van der Waals surface area (Å²) in [7, 11) is 0. The van der Waals surface area contributed by atoms with Crippen LogP contribution in [-0.4, -0.2) is 15.6 Å². The molecule has 1 rings (SSSR count). The predicted octanol–water partition coefficient (Wildman–Crippen LogP) is 2.35. The zero-order valence-electron chi connectivity index (χ0n) is 10.2. The second-order valence-corrected chi connectivity index (χ2v) is 4.78. The van der Waals surface area contributed by atoms with Crippen molar-refractivity contribution in [1.29, 1.82) is 5.26 Å². The molecule has 5 heteroatoms. The van der Waals surface area contributed by atoms with Gasteiger partial charge in [-0.15, -0.1) is 5.01 Å². The lowest BCUT2D eigenvalue weighted by Gasteiger charge is -2.27. The van der Waals surface area contributed by atoms with Crippen LogP contribution in [0.2, 0.25) is 0 Å². The predicted molar refractivity (Wildman–Crippen MR) is 63.4 cm³/mol. The molecule has 0 radical (unpaired) electrons. The summed E-state index contributed by atoms with van der Waals surface area (Å²) in [6, 6.07) is 8.81. The van der Waals surface area contributed by atoms with Gasteiger partial charge in [0.05, 0.1) is 17.2 Å². The molecule has 0 aliphatic carbocycles. The molecule has 0 N–H and O–H groups in total. The lowest BCUT2D eigenvalue weighted by atomic mass is 10.1. The Morgan fingerprint density at radius 1 is 1.35 bits per heavy atom. The maximum absolute atomic E-state index is 11.0. The van der Waals surface area contributed by atoms with E-state index in [1.807, 2.05) is 6.07 Å². The van der Waals surface area contributed by atoms with Crippen molar-refractivity contribution < 1.29 is 5.03 Å². The summed E-state index contributed by atoms with van der Waals surface area (Å²) in [5.74, 6) is 0. The maximum Gasteiger partial charge on any atom is 0.160 e. The quantitative estimate of drug-likeness (QED) is 0.593. The summed E-state index contributed by atoms with van der Waals surface area (Å²) >= 11 is 0. The van der Waals surface area contributed by atoms with Crippen LogP contribution in [-0.2, 0) is 6.54 Å². The molecule has 0 fully saturated rings. The molecular weight excluding hydrogens is 218 g/mol. The summed E-state index contributed by atoms with van der Waals surface area (Å²) in [6.07, 6.45) is 0. The monoisotopic (exact) mass is 233 g/mol. The molecule has 0 saturated carbocycles. The van der Waals surface area contributed by atoms with Gasteiger partial charge < -0.3 is 0 Å². The molecule has 0 aromatic heterocycles. The van der Waals surface area contributed by atoms with E-state index in [9.17, 15) is 10.1 Å². The van der Waals surface area contributed by atoms with Crippen LogP contribution >= 0.6 is 0 Å². The molecule has 5 nitrogen and oxygen atoms in total. The van der Waals surface area contributed by atoms with Gasteiger partial charge >= 0.3 is 0 Å². The minimum absolute atomic E-state index is 0.224. The Morgan fingerprint density at radius 2 is 1.88 bits per heavy atom. The van der Waals surface area contributed by atoms with Crippen molar-refractivity contribution in [3.63, 3.8) is 0 Å². The van der Waals surface area contributed by atoms with Crippen molar-refractivity contribution in [3.8, 4) is 6.07 Å². The average Bonchev–Trinajstić information content (AvgIpc) is 2.24. The first-order valence-corrected chi connectivity index (χ1v) is 5.25. The highest BCUT2D eigenvalue weighted by molar-refractivity contribution is 5.31. The minimum Gasteiger partial charge on any atom is -0.235 e. The van der Waals surface area contributed by atoms with Gasteiger partial charge in [0, 0.05) is 0 Å². The molecule has 1 aromatic carbocycles. The van der Waals surface area contributed by atoms with Crippen molar-refractivity contribution in [2.24, 2.45) is 0 Å². The van der Waals surface area contributed by atoms with Gasteiger partial charge in [-0.3, -0.25) is 0 Å². The number of rotatable bonds is 3. The van der Waals surface area contributed by atoms with Crippen molar-refractivity contribution in [2.45, 2.75) is 32.9 Å². The number of nitrogens with zero attached hydrogens (tertiary/aromatic N) is 3. The third-order valence-corrected chi connectivity index (χ3v) is 2.39. The molecule has 0 saturated heterocycles. The average molecular weight is 233 g/mol. The molecule has 0 amide bonds. The van der Waals surface area contributed by atoms with Gasteiger partial charge in [-0.25, -0.2) is 10.1 Å². The van der Waals surface area contributed by atoms with E-state index in [-0.39, 0.29) is 6.54 Å². The van der Waals surface area contributed by atoms with Gasteiger partial charge in [0.1, 0.15) is 6.54 Å². The van der Waals surface area contributed by atoms with E-state index in [2.05, 4.69) is 0 Å². The molecule has 0 aliphatic rings. The SMILES string of the molecule is CC(C)(C)N(Cc1ccc(C#N)cc1)[N+](=O)[O-]. The first-order valence-electron chi connectivity index (χ1n) is 5.25. The zero-order valence-corrected chi connectivity index (χ0v) is 10.2. The zero-order chi connectivity index (χ0) is 13.1. The highest BCUT2D eigenvalue weighted by atomic mass is 16.7. The van der Waals surface area contributed by atoms with Crippen LogP contribution in [0, 0.1) is 21.4 Å². The maximum atomic E-state index is 11.0. The molecule has 0 spiro atoms. The van der Waals surface area contributed by atoms with Gasteiger partial charge in [0.25, 0.3) is 0 Å². The summed E-state index contributed by atoms with van der Waals surface area (Å²) in [4.78, 5) is 11.0. The summed E-state index contributed by atoms with van der Waals surface area (Å²) in [5, 5.41) is 20.4. The van der Waals surface area contributed by atoms with Crippen molar-refractivity contribution in [3.05, 3.63) is 45.5 Å². The van der Waals surface area contributed by atoms with Crippen LogP contribution in [0.25, 0.3) is 0 Å². The van der Waals surface area contributed by atoms with E-state index in [1.54, 1.807) is 45.0 Å². The smallest absolute Gasteiger partial charge is 0.160 e. The van der Waals surface area contributed by atoms with E-state index >= 15 is 0 Å². The number of hydrogen-bond acceptors (Lipinski definition) is 3. The second kappa shape index (κ2) is 4.83. The van der Waals surface area contributed by atoms with Gasteiger partial charge in [0.2, 0.25) is 0 Å². The fourth-order valence-electron chi connectivity index (χ4n) is 1.40. The third-order valence-electron chi connectivity index (χ3n) is 2.39. The van der Waals surface area contributed by atoms with E-state index in [1.165, 1.54) is 5.01 Å². The Bertz CT molecular complexity index is 440. The van der Waals surface area contributed by atoms with E-state index in [0.29, 0.717) is 5.56 Å². The van der Waals surface area contributed by atoms with Gasteiger partial charge in [-0.05, 0) is 38.5 Å². The Hall–Kier alpha value is -2.09. The Balaban J connectivity index is 2.88.